The molecule has 0 radical (unpaired) electrons. The largest absolute Gasteiger partial charge is 0.316 e. The summed E-state index contributed by atoms with van der Waals surface area (Å²) in [4.78, 5) is 4.69. The molecule has 0 bridgehead atoms. The Morgan fingerprint density at radius 3 is 3.00 bits per heavy atom. The van der Waals surface area contributed by atoms with Gasteiger partial charge in [-0.15, -0.1) is 0 Å². The SMILES string of the molecule is CN(CC1CCCNC1)C[C@@H]1C[C@H](F)CN1Cc1ccnn1C. The fourth-order valence-corrected chi connectivity index (χ4v) is 4.03. The monoisotopic (exact) mass is 323 g/mol. The van der Waals surface area contributed by atoms with Gasteiger partial charge in [-0.25, -0.2) is 4.39 Å². The van der Waals surface area contributed by atoms with E-state index in [1.165, 1.54) is 12.8 Å². The zero-order valence-corrected chi connectivity index (χ0v) is 14.4. The molecule has 2 aliphatic heterocycles. The first-order chi connectivity index (χ1) is 11.1. The number of hydrogen-bond acceptors (Lipinski definition) is 4. The lowest BCUT2D eigenvalue weighted by Gasteiger charge is -2.32. The molecule has 0 saturated carbocycles. The van der Waals surface area contributed by atoms with Crippen LogP contribution in [-0.4, -0.2) is 71.6 Å². The van der Waals surface area contributed by atoms with Crippen LogP contribution in [0.4, 0.5) is 4.39 Å². The van der Waals surface area contributed by atoms with Crippen molar-refractivity contribution in [1.82, 2.24) is 24.9 Å². The molecule has 23 heavy (non-hydrogen) atoms. The Bertz CT molecular complexity index is 485. The number of aryl methyl sites for hydroxylation is 1. The molecule has 1 aromatic rings. The van der Waals surface area contributed by atoms with Gasteiger partial charge in [0.2, 0.25) is 0 Å². The van der Waals surface area contributed by atoms with Gasteiger partial charge in [0.25, 0.3) is 0 Å². The van der Waals surface area contributed by atoms with Crippen molar-refractivity contribution in [3.8, 4) is 0 Å². The van der Waals surface area contributed by atoms with Gasteiger partial charge in [0, 0.05) is 45.5 Å². The van der Waals surface area contributed by atoms with Crippen LogP contribution in [0.15, 0.2) is 12.3 Å². The summed E-state index contributed by atoms with van der Waals surface area (Å²) in [5.41, 5.74) is 1.16. The molecule has 1 N–H and O–H groups in total. The number of nitrogens with zero attached hydrogens (tertiary/aromatic N) is 4. The van der Waals surface area contributed by atoms with Crippen molar-refractivity contribution in [2.75, 3.05) is 39.8 Å². The first-order valence-electron chi connectivity index (χ1n) is 8.86. The number of alkyl halides is 1. The predicted molar refractivity (Wildman–Crippen MR) is 90.0 cm³/mol. The Morgan fingerprint density at radius 1 is 1.43 bits per heavy atom. The summed E-state index contributed by atoms with van der Waals surface area (Å²) >= 11 is 0. The van der Waals surface area contributed by atoms with E-state index in [-0.39, 0.29) is 0 Å². The maximum absolute atomic E-state index is 14.0. The van der Waals surface area contributed by atoms with Gasteiger partial charge in [-0.05, 0) is 51.4 Å². The van der Waals surface area contributed by atoms with Crippen LogP contribution in [0.1, 0.15) is 25.0 Å². The van der Waals surface area contributed by atoms with E-state index in [9.17, 15) is 4.39 Å². The molecular formula is C17H30FN5. The van der Waals surface area contributed by atoms with Crippen LogP contribution in [-0.2, 0) is 13.6 Å². The highest BCUT2D eigenvalue weighted by molar-refractivity contribution is 5.02. The quantitative estimate of drug-likeness (QED) is 0.855. The van der Waals surface area contributed by atoms with E-state index in [1.54, 1.807) is 0 Å². The molecule has 1 aromatic heterocycles. The first-order valence-corrected chi connectivity index (χ1v) is 8.86. The van der Waals surface area contributed by atoms with Crippen molar-refractivity contribution in [3.63, 3.8) is 0 Å². The zero-order valence-electron chi connectivity index (χ0n) is 14.4. The number of rotatable bonds is 6. The standard InChI is InChI=1S/C17H30FN5/c1-21(10-14-4-3-6-19-9-14)12-17-8-15(18)11-23(17)13-16-5-7-20-22(16)2/h5,7,14-15,17,19H,3-4,6,8-13H2,1-2H3/t14?,15-,17-/m0/s1. The molecule has 2 fully saturated rings. The Hall–Kier alpha value is -0.980. The topological polar surface area (TPSA) is 36.3 Å². The number of likely N-dealkylation sites (N-methyl/N-ethyl adjacent to an activating group) is 1. The minimum Gasteiger partial charge on any atom is -0.316 e. The fraction of sp³-hybridized carbons (Fsp3) is 0.824. The van der Waals surface area contributed by atoms with Crippen molar-refractivity contribution < 1.29 is 4.39 Å². The maximum atomic E-state index is 14.0. The van der Waals surface area contributed by atoms with Crippen molar-refractivity contribution in [2.45, 2.75) is 38.0 Å². The summed E-state index contributed by atoms with van der Waals surface area (Å²) in [6.07, 6.45) is 4.37. The van der Waals surface area contributed by atoms with Crippen LogP contribution >= 0.6 is 0 Å². The number of hydrogen-bond donors (Lipinski definition) is 1. The number of nitrogens with one attached hydrogen (secondary N) is 1. The predicted octanol–water partition coefficient (Wildman–Crippen LogP) is 1.26. The Balaban J connectivity index is 1.53. The third-order valence-electron chi connectivity index (χ3n) is 5.26. The molecule has 2 aliphatic rings. The third kappa shape index (κ3) is 4.52. The Morgan fingerprint density at radius 2 is 2.30 bits per heavy atom. The summed E-state index contributed by atoms with van der Waals surface area (Å²) < 4.78 is 15.9. The highest BCUT2D eigenvalue weighted by Gasteiger charge is 2.33. The number of aromatic nitrogens is 2. The average molecular weight is 323 g/mol. The average Bonchev–Trinajstić information content (AvgIpc) is 3.07. The van der Waals surface area contributed by atoms with E-state index in [4.69, 9.17) is 0 Å². The summed E-state index contributed by atoms with van der Waals surface area (Å²) in [5, 5.41) is 7.70. The molecule has 0 aliphatic carbocycles. The molecule has 3 heterocycles. The molecule has 6 heteroatoms. The van der Waals surface area contributed by atoms with Gasteiger partial charge in [-0.2, -0.15) is 5.10 Å². The van der Waals surface area contributed by atoms with E-state index in [1.807, 2.05) is 24.0 Å². The second-order valence-corrected chi connectivity index (χ2v) is 7.30. The lowest BCUT2D eigenvalue weighted by Crippen LogP contribution is -2.42. The molecule has 0 spiro atoms. The second-order valence-electron chi connectivity index (χ2n) is 7.30. The summed E-state index contributed by atoms with van der Waals surface area (Å²) in [6.45, 7) is 5.69. The Labute approximate surface area is 138 Å². The molecule has 1 unspecified atom stereocenters. The molecule has 130 valence electrons. The van der Waals surface area contributed by atoms with E-state index in [2.05, 4.69) is 27.3 Å². The molecule has 0 aromatic carbocycles. The molecule has 3 rings (SSSR count). The van der Waals surface area contributed by atoms with Crippen LogP contribution in [0.2, 0.25) is 0 Å². The van der Waals surface area contributed by atoms with Crippen LogP contribution in [0, 0.1) is 5.92 Å². The number of halogens is 1. The highest BCUT2D eigenvalue weighted by atomic mass is 19.1. The van der Waals surface area contributed by atoms with Gasteiger partial charge in [0.15, 0.2) is 0 Å². The van der Waals surface area contributed by atoms with Crippen molar-refractivity contribution in [1.29, 1.82) is 0 Å². The molecular weight excluding hydrogens is 293 g/mol. The summed E-state index contributed by atoms with van der Waals surface area (Å²) in [7, 11) is 4.14. The minimum absolute atomic E-state index is 0.307. The van der Waals surface area contributed by atoms with Crippen molar-refractivity contribution in [3.05, 3.63) is 18.0 Å². The van der Waals surface area contributed by atoms with Gasteiger partial charge >= 0.3 is 0 Å². The lowest BCUT2D eigenvalue weighted by molar-refractivity contribution is 0.162. The van der Waals surface area contributed by atoms with Gasteiger partial charge in [0.05, 0.1) is 5.69 Å². The molecule has 5 nitrogen and oxygen atoms in total. The molecule has 3 atom stereocenters. The Kier molecular flexibility index (Phi) is 5.67. The van der Waals surface area contributed by atoms with Crippen molar-refractivity contribution in [2.24, 2.45) is 13.0 Å². The molecule has 2 saturated heterocycles. The summed E-state index contributed by atoms with van der Waals surface area (Å²) in [5.74, 6) is 0.738. The van der Waals surface area contributed by atoms with Crippen LogP contribution in [0.3, 0.4) is 0 Å². The maximum Gasteiger partial charge on any atom is 0.114 e. The van der Waals surface area contributed by atoms with E-state index in [0.29, 0.717) is 19.0 Å². The minimum atomic E-state index is -0.696. The highest BCUT2D eigenvalue weighted by Crippen LogP contribution is 2.23. The van der Waals surface area contributed by atoms with Gasteiger partial charge in [-0.1, -0.05) is 0 Å². The normalized spacial score (nSPS) is 29.5. The number of piperidine rings is 1. The second kappa shape index (κ2) is 7.73. The van der Waals surface area contributed by atoms with Gasteiger partial charge < -0.3 is 10.2 Å². The van der Waals surface area contributed by atoms with E-state index >= 15 is 0 Å². The van der Waals surface area contributed by atoms with Gasteiger partial charge in [0.1, 0.15) is 6.17 Å². The number of likely N-dealkylation sites (tertiary alicyclic amines) is 1. The van der Waals surface area contributed by atoms with Crippen LogP contribution in [0.5, 0.6) is 0 Å². The third-order valence-corrected chi connectivity index (χ3v) is 5.26. The summed E-state index contributed by atoms with van der Waals surface area (Å²) in [6, 6.07) is 2.33. The first kappa shape index (κ1) is 16.9. The van der Waals surface area contributed by atoms with Crippen molar-refractivity contribution >= 4 is 0 Å². The fourth-order valence-electron chi connectivity index (χ4n) is 4.03. The van der Waals surface area contributed by atoms with E-state index in [0.717, 1.165) is 44.3 Å². The van der Waals surface area contributed by atoms with Crippen LogP contribution in [0.25, 0.3) is 0 Å². The zero-order chi connectivity index (χ0) is 16.2. The lowest BCUT2D eigenvalue weighted by atomic mass is 9.99. The molecule has 0 amide bonds. The van der Waals surface area contributed by atoms with E-state index < -0.39 is 6.17 Å². The van der Waals surface area contributed by atoms with Gasteiger partial charge in [-0.3, -0.25) is 9.58 Å². The van der Waals surface area contributed by atoms with Crippen LogP contribution < -0.4 is 5.32 Å². The smallest absolute Gasteiger partial charge is 0.114 e.